The molecule has 0 bridgehead atoms. The Morgan fingerprint density at radius 1 is 1.17 bits per heavy atom. The number of aryl methyl sites for hydroxylation is 1. The number of benzene rings is 2. The lowest BCUT2D eigenvalue weighted by Crippen LogP contribution is -2.30. The lowest BCUT2D eigenvalue weighted by molar-refractivity contribution is 0.102. The summed E-state index contributed by atoms with van der Waals surface area (Å²) in [5, 5.41) is 11.7. The number of aromatic nitrogens is 3. The molecule has 30 heavy (non-hydrogen) atoms. The Kier molecular flexibility index (Phi) is 5.74. The van der Waals surface area contributed by atoms with Crippen LogP contribution < -0.4 is 10.2 Å². The maximum atomic E-state index is 14.0. The van der Waals surface area contributed by atoms with Crippen LogP contribution in [0.25, 0.3) is 5.57 Å². The fourth-order valence-electron chi connectivity index (χ4n) is 3.33. The average molecular weight is 446 g/mol. The number of halogens is 3. The van der Waals surface area contributed by atoms with E-state index in [0.717, 1.165) is 28.5 Å². The fourth-order valence-corrected chi connectivity index (χ4v) is 3.83. The summed E-state index contributed by atoms with van der Waals surface area (Å²) in [4.78, 5) is 14.5. The van der Waals surface area contributed by atoms with E-state index in [9.17, 15) is 9.18 Å². The first-order chi connectivity index (χ1) is 14.4. The fraction of sp³-hybridized carbons (Fsp3) is 0.190. The van der Waals surface area contributed by atoms with Crippen LogP contribution in [0.3, 0.4) is 0 Å². The van der Waals surface area contributed by atoms with Gasteiger partial charge in [0.25, 0.3) is 5.91 Å². The number of anilines is 2. The molecule has 0 aliphatic carbocycles. The Hall–Kier alpha value is -2.90. The second-order valence-electron chi connectivity index (χ2n) is 6.93. The van der Waals surface area contributed by atoms with Crippen molar-refractivity contribution in [3.05, 3.63) is 75.7 Å². The molecule has 2 heterocycles. The molecule has 9 heteroatoms. The topological polar surface area (TPSA) is 63.0 Å². The summed E-state index contributed by atoms with van der Waals surface area (Å²) in [7, 11) is 1.83. The summed E-state index contributed by atoms with van der Waals surface area (Å²) >= 11 is 12.5. The number of carbonyl (C=O) groups excluding carboxylic acids is 1. The SMILES string of the molecule is Cn1cc(N2CCC(Cl)=C(c3ccc(NC(=O)c4c(F)cccc4Cl)cc3)C2)nn1. The molecule has 1 aliphatic heterocycles. The minimum atomic E-state index is -0.667. The maximum Gasteiger partial charge on any atom is 0.260 e. The van der Waals surface area contributed by atoms with Gasteiger partial charge in [0.2, 0.25) is 0 Å². The van der Waals surface area contributed by atoms with Gasteiger partial charge >= 0.3 is 0 Å². The van der Waals surface area contributed by atoms with Crippen molar-refractivity contribution in [3.63, 3.8) is 0 Å². The molecule has 1 amide bonds. The van der Waals surface area contributed by atoms with Crippen LogP contribution in [0.1, 0.15) is 22.3 Å². The van der Waals surface area contributed by atoms with Crippen molar-refractivity contribution in [2.24, 2.45) is 7.05 Å². The van der Waals surface area contributed by atoms with Gasteiger partial charge in [0.15, 0.2) is 5.82 Å². The van der Waals surface area contributed by atoms with Gasteiger partial charge in [0, 0.05) is 37.3 Å². The highest BCUT2D eigenvalue weighted by molar-refractivity contribution is 6.34. The van der Waals surface area contributed by atoms with E-state index >= 15 is 0 Å². The highest BCUT2D eigenvalue weighted by Crippen LogP contribution is 2.31. The van der Waals surface area contributed by atoms with Gasteiger partial charge in [-0.1, -0.05) is 46.6 Å². The Morgan fingerprint density at radius 2 is 1.93 bits per heavy atom. The van der Waals surface area contributed by atoms with Gasteiger partial charge in [-0.3, -0.25) is 9.48 Å². The zero-order chi connectivity index (χ0) is 21.3. The molecular formula is C21H18Cl2FN5O. The molecule has 0 atom stereocenters. The quantitative estimate of drug-likeness (QED) is 0.630. The van der Waals surface area contributed by atoms with Crippen molar-refractivity contribution in [2.75, 3.05) is 23.3 Å². The van der Waals surface area contributed by atoms with Crippen LogP contribution in [0.5, 0.6) is 0 Å². The molecule has 0 fully saturated rings. The van der Waals surface area contributed by atoms with Gasteiger partial charge in [0.05, 0.1) is 16.8 Å². The second-order valence-corrected chi connectivity index (χ2v) is 7.80. The third-order valence-corrected chi connectivity index (χ3v) is 5.61. The molecular weight excluding hydrogens is 428 g/mol. The van der Waals surface area contributed by atoms with E-state index in [-0.39, 0.29) is 10.6 Å². The predicted octanol–water partition coefficient (Wildman–Crippen LogP) is 4.72. The molecule has 2 aromatic carbocycles. The number of hydrogen-bond acceptors (Lipinski definition) is 4. The smallest absolute Gasteiger partial charge is 0.260 e. The number of amides is 1. The van der Waals surface area contributed by atoms with E-state index in [2.05, 4.69) is 20.5 Å². The third kappa shape index (κ3) is 4.17. The van der Waals surface area contributed by atoms with E-state index in [1.807, 2.05) is 25.4 Å². The largest absolute Gasteiger partial charge is 0.349 e. The zero-order valence-corrected chi connectivity index (χ0v) is 17.6. The van der Waals surface area contributed by atoms with E-state index in [4.69, 9.17) is 23.2 Å². The zero-order valence-electron chi connectivity index (χ0n) is 16.1. The predicted molar refractivity (Wildman–Crippen MR) is 116 cm³/mol. The standard InChI is InChI=1S/C21H18Cl2FN5O/c1-28-12-19(26-27-28)29-10-9-16(22)15(11-29)13-5-7-14(8-6-13)25-21(30)20-17(23)3-2-4-18(20)24/h2-8,12H,9-11H2,1H3,(H,25,30). The number of hydrogen-bond donors (Lipinski definition) is 1. The molecule has 0 spiro atoms. The number of nitrogens with one attached hydrogen (secondary N) is 1. The van der Waals surface area contributed by atoms with Crippen LogP contribution in [0.4, 0.5) is 15.9 Å². The van der Waals surface area contributed by atoms with Gasteiger partial charge < -0.3 is 10.2 Å². The Balaban J connectivity index is 1.51. The Labute approximate surface area is 182 Å². The molecule has 0 radical (unpaired) electrons. The lowest BCUT2D eigenvalue weighted by atomic mass is 10.0. The molecule has 0 saturated carbocycles. The summed E-state index contributed by atoms with van der Waals surface area (Å²) in [6.45, 7) is 1.37. The van der Waals surface area contributed by atoms with E-state index < -0.39 is 11.7 Å². The second kappa shape index (κ2) is 8.45. The van der Waals surface area contributed by atoms with Crippen molar-refractivity contribution < 1.29 is 9.18 Å². The van der Waals surface area contributed by atoms with Crippen molar-refractivity contribution in [2.45, 2.75) is 6.42 Å². The Morgan fingerprint density at radius 3 is 2.60 bits per heavy atom. The van der Waals surface area contributed by atoms with Crippen LogP contribution in [0.15, 0.2) is 53.7 Å². The lowest BCUT2D eigenvalue weighted by Gasteiger charge is -2.29. The minimum Gasteiger partial charge on any atom is -0.349 e. The summed E-state index contributed by atoms with van der Waals surface area (Å²) in [6, 6.07) is 11.4. The summed E-state index contributed by atoms with van der Waals surface area (Å²) < 4.78 is 15.6. The van der Waals surface area contributed by atoms with Crippen molar-refractivity contribution in [1.29, 1.82) is 0 Å². The monoisotopic (exact) mass is 445 g/mol. The number of carbonyl (C=O) groups is 1. The van der Waals surface area contributed by atoms with E-state index in [1.165, 1.54) is 18.2 Å². The third-order valence-electron chi connectivity index (χ3n) is 4.87. The molecule has 3 aromatic rings. The molecule has 1 aromatic heterocycles. The van der Waals surface area contributed by atoms with Gasteiger partial charge in [0.1, 0.15) is 5.82 Å². The minimum absolute atomic E-state index is 0.0624. The first kappa shape index (κ1) is 20.4. The molecule has 0 unspecified atom stereocenters. The first-order valence-corrected chi connectivity index (χ1v) is 10.0. The molecule has 6 nitrogen and oxygen atoms in total. The summed E-state index contributed by atoms with van der Waals surface area (Å²) in [5.74, 6) is -0.473. The van der Waals surface area contributed by atoms with Crippen LogP contribution >= 0.6 is 23.2 Å². The highest BCUT2D eigenvalue weighted by atomic mass is 35.5. The van der Waals surface area contributed by atoms with Gasteiger partial charge in [-0.2, -0.15) is 0 Å². The average Bonchev–Trinajstić information content (AvgIpc) is 3.15. The molecule has 4 rings (SSSR count). The highest BCUT2D eigenvalue weighted by Gasteiger charge is 2.21. The number of nitrogens with zero attached hydrogens (tertiary/aromatic N) is 4. The van der Waals surface area contributed by atoms with Crippen LogP contribution in [0.2, 0.25) is 5.02 Å². The van der Waals surface area contributed by atoms with E-state index in [1.54, 1.807) is 16.8 Å². The summed E-state index contributed by atoms with van der Waals surface area (Å²) in [5.41, 5.74) is 2.28. The molecule has 1 N–H and O–H groups in total. The van der Waals surface area contributed by atoms with Crippen LogP contribution in [-0.2, 0) is 7.05 Å². The van der Waals surface area contributed by atoms with Crippen molar-refractivity contribution in [1.82, 2.24) is 15.0 Å². The summed E-state index contributed by atoms with van der Waals surface area (Å²) in [6.07, 6.45) is 2.57. The first-order valence-electron chi connectivity index (χ1n) is 9.27. The molecule has 0 saturated heterocycles. The van der Waals surface area contributed by atoms with E-state index in [0.29, 0.717) is 18.7 Å². The van der Waals surface area contributed by atoms with Gasteiger partial charge in [-0.05, 0) is 35.4 Å². The molecule has 1 aliphatic rings. The van der Waals surface area contributed by atoms with Crippen molar-refractivity contribution >= 4 is 46.2 Å². The molecule has 154 valence electrons. The van der Waals surface area contributed by atoms with Crippen LogP contribution in [0, 0.1) is 5.82 Å². The van der Waals surface area contributed by atoms with Gasteiger partial charge in [-0.25, -0.2) is 4.39 Å². The number of rotatable bonds is 4. The van der Waals surface area contributed by atoms with Crippen molar-refractivity contribution in [3.8, 4) is 0 Å². The normalized spacial score (nSPS) is 14.2. The van der Waals surface area contributed by atoms with Crippen LogP contribution in [-0.4, -0.2) is 34.0 Å². The maximum absolute atomic E-state index is 14.0. The Bertz CT molecular complexity index is 1110. The van der Waals surface area contributed by atoms with Gasteiger partial charge in [-0.15, -0.1) is 5.10 Å².